The number of aryl methyl sites for hydroxylation is 1. The monoisotopic (exact) mass is 362 g/mol. The van der Waals surface area contributed by atoms with Crippen LogP contribution < -0.4 is 5.56 Å². The zero-order valence-corrected chi connectivity index (χ0v) is 14.7. The average Bonchev–Trinajstić information content (AvgIpc) is 3.21. The Morgan fingerprint density at radius 2 is 1.89 bits per heavy atom. The van der Waals surface area contributed by atoms with Gasteiger partial charge in [0.05, 0.1) is 22.8 Å². The fourth-order valence-corrected chi connectivity index (χ4v) is 3.18. The van der Waals surface area contributed by atoms with Gasteiger partial charge in [-0.2, -0.15) is 5.10 Å². The van der Waals surface area contributed by atoms with Crippen molar-refractivity contribution >= 4 is 16.8 Å². The van der Waals surface area contributed by atoms with E-state index >= 15 is 0 Å². The molecule has 0 saturated carbocycles. The molecule has 2 aromatic carbocycles. The number of phenolic OH excluding ortho intramolecular Hbond substituents is 1. The Kier molecular flexibility index (Phi) is 4.12. The predicted octanol–water partition coefficient (Wildman–Crippen LogP) is 2.80. The Morgan fingerprint density at radius 3 is 2.67 bits per heavy atom. The Bertz CT molecular complexity index is 1180. The number of para-hydroxylation sites is 1. The zero-order valence-electron chi connectivity index (χ0n) is 14.7. The predicted molar refractivity (Wildman–Crippen MR) is 101 cm³/mol. The highest BCUT2D eigenvalue weighted by Crippen LogP contribution is 2.18. The van der Waals surface area contributed by atoms with Gasteiger partial charge in [-0.05, 0) is 55.3 Å². The molecule has 7 heteroatoms. The van der Waals surface area contributed by atoms with Gasteiger partial charge in [0.15, 0.2) is 0 Å². The van der Waals surface area contributed by atoms with Crippen molar-refractivity contribution in [1.82, 2.24) is 19.6 Å². The molecule has 0 spiro atoms. The van der Waals surface area contributed by atoms with Crippen molar-refractivity contribution in [1.29, 1.82) is 0 Å². The number of carbonyl (C=O) groups is 1. The minimum atomic E-state index is -0.268. The van der Waals surface area contributed by atoms with Crippen LogP contribution in [0.5, 0.6) is 5.75 Å². The van der Waals surface area contributed by atoms with Gasteiger partial charge in [0.25, 0.3) is 5.56 Å². The summed E-state index contributed by atoms with van der Waals surface area (Å²) in [4.78, 5) is 24.6. The molecule has 2 aromatic heterocycles. The van der Waals surface area contributed by atoms with E-state index < -0.39 is 0 Å². The van der Waals surface area contributed by atoms with Crippen LogP contribution in [0.3, 0.4) is 0 Å². The number of aromatic hydroxyl groups is 1. The third-order valence-electron chi connectivity index (χ3n) is 4.67. The number of benzene rings is 2. The molecule has 0 saturated heterocycles. The molecule has 0 fully saturated rings. The molecule has 0 bridgehead atoms. The quantitative estimate of drug-likeness (QED) is 0.584. The van der Waals surface area contributed by atoms with Crippen LogP contribution in [-0.2, 0) is 6.42 Å². The summed E-state index contributed by atoms with van der Waals surface area (Å²) in [5.74, 6) is 0.0207. The molecule has 2 heterocycles. The van der Waals surface area contributed by atoms with Gasteiger partial charge in [-0.3, -0.25) is 14.7 Å². The average molecular weight is 362 g/mol. The van der Waals surface area contributed by atoms with Crippen LogP contribution in [-0.4, -0.2) is 30.6 Å². The Morgan fingerprint density at radius 1 is 1.15 bits per heavy atom. The lowest BCUT2D eigenvalue weighted by atomic mass is 10.1. The fraction of sp³-hybridized carbons (Fsp3) is 0.150. The Labute approximate surface area is 154 Å². The summed E-state index contributed by atoms with van der Waals surface area (Å²) in [7, 11) is 0. The van der Waals surface area contributed by atoms with E-state index in [1.165, 1.54) is 4.68 Å². The Balaban J connectivity index is 1.54. The van der Waals surface area contributed by atoms with Crippen LogP contribution in [0.4, 0.5) is 0 Å². The lowest BCUT2D eigenvalue weighted by Crippen LogP contribution is -2.15. The van der Waals surface area contributed by atoms with Gasteiger partial charge in [0, 0.05) is 12.1 Å². The van der Waals surface area contributed by atoms with Gasteiger partial charge >= 0.3 is 0 Å². The lowest BCUT2D eigenvalue weighted by molar-refractivity contribution is 0.0892. The highest BCUT2D eigenvalue weighted by molar-refractivity contribution is 5.90. The van der Waals surface area contributed by atoms with Gasteiger partial charge in [-0.15, -0.1) is 0 Å². The number of carbonyl (C=O) groups excluding carboxylic acids is 1. The standard InChI is InChI=1S/C20H18N4O3/c1-13-14(12-21-23(13)15-7-9-16(25)10-8-15)6-11-19(26)24-18-5-3-2-4-17(18)20(27)22-24/h2-5,7-10,12,25H,6,11H2,1H3,(H,22,27). The molecule has 2 N–H and O–H groups in total. The van der Waals surface area contributed by atoms with Gasteiger partial charge < -0.3 is 5.11 Å². The SMILES string of the molecule is Cc1c(CCC(=O)n2[nH]c(=O)c3ccccc32)cnn1-c1ccc(O)cc1. The molecular weight excluding hydrogens is 344 g/mol. The number of phenols is 1. The second-order valence-corrected chi connectivity index (χ2v) is 6.37. The van der Waals surface area contributed by atoms with E-state index in [-0.39, 0.29) is 23.6 Å². The van der Waals surface area contributed by atoms with Crippen LogP contribution in [0, 0.1) is 6.92 Å². The van der Waals surface area contributed by atoms with Crippen molar-refractivity contribution in [3.63, 3.8) is 0 Å². The zero-order chi connectivity index (χ0) is 19.0. The minimum Gasteiger partial charge on any atom is -0.508 e. The van der Waals surface area contributed by atoms with Crippen molar-refractivity contribution in [3.05, 3.63) is 76.3 Å². The molecule has 4 aromatic rings. The summed E-state index contributed by atoms with van der Waals surface area (Å²) < 4.78 is 3.09. The summed E-state index contributed by atoms with van der Waals surface area (Å²) in [5, 5.41) is 16.9. The third kappa shape index (κ3) is 3.03. The molecule has 0 unspecified atom stereocenters. The van der Waals surface area contributed by atoms with Gasteiger partial charge in [0.1, 0.15) is 5.75 Å². The lowest BCUT2D eigenvalue weighted by Gasteiger charge is -2.06. The molecule has 0 aliphatic rings. The van der Waals surface area contributed by atoms with Crippen molar-refractivity contribution in [2.24, 2.45) is 0 Å². The van der Waals surface area contributed by atoms with E-state index in [0.717, 1.165) is 16.9 Å². The number of fused-ring (bicyclic) bond motifs is 1. The van der Waals surface area contributed by atoms with Crippen molar-refractivity contribution < 1.29 is 9.90 Å². The normalized spacial score (nSPS) is 11.1. The van der Waals surface area contributed by atoms with Crippen LogP contribution in [0.25, 0.3) is 16.6 Å². The molecule has 0 aliphatic heterocycles. The molecule has 7 nitrogen and oxygen atoms in total. The van der Waals surface area contributed by atoms with E-state index in [4.69, 9.17) is 0 Å². The highest BCUT2D eigenvalue weighted by Gasteiger charge is 2.14. The smallest absolute Gasteiger partial charge is 0.272 e. The number of hydrogen-bond acceptors (Lipinski definition) is 4. The number of H-pyrrole nitrogens is 1. The summed E-state index contributed by atoms with van der Waals surface area (Å²) >= 11 is 0. The third-order valence-corrected chi connectivity index (χ3v) is 4.67. The van der Waals surface area contributed by atoms with E-state index in [1.807, 2.05) is 6.92 Å². The number of aromatic amines is 1. The van der Waals surface area contributed by atoms with Gasteiger partial charge in [-0.1, -0.05) is 12.1 Å². The van der Waals surface area contributed by atoms with Crippen molar-refractivity contribution in [2.45, 2.75) is 19.8 Å². The highest BCUT2D eigenvalue weighted by atomic mass is 16.3. The van der Waals surface area contributed by atoms with Crippen LogP contribution >= 0.6 is 0 Å². The number of nitrogens with zero attached hydrogens (tertiary/aromatic N) is 3. The summed E-state index contributed by atoms with van der Waals surface area (Å²) in [6.45, 7) is 1.94. The maximum absolute atomic E-state index is 12.6. The molecule has 0 atom stereocenters. The maximum Gasteiger partial charge on any atom is 0.272 e. The summed E-state index contributed by atoms with van der Waals surface area (Å²) in [6, 6.07) is 13.8. The maximum atomic E-state index is 12.6. The topological polar surface area (TPSA) is 92.9 Å². The molecule has 27 heavy (non-hydrogen) atoms. The fourth-order valence-electron chi connectivity index (χ4n) is 3.18. The Hall–Kier alpha value is -3.61. The van der Waals surface area contributed by atoms with Gasteiger partial charge in [-0.25, -0.2) is 9.36 Å². The van der Waals surface area contributed by atoms with E-state index in [9.17, 15) is 14.7 Å². The van der Waals surface area contributed by atoms with Crippen molar-refractivity contribution in [2.75, 3.05) is 0 Å². The van der Waals surface area contributed by atoms with E-state index in [2.05, 4.69) is 10.2 Å². The first-order valence-corrected chi connectivity index (χ1v) is 8.60. The number of rotatable bonds is 4. The van der Waals surface area contributed by atoms with E-state index in [0.29, 0.717) is 17.3 Å². The van der Waals surface area contributed by atoms with Crippen LogP contribution in [0.2, 0.25) is 0 Å². The van der Waals surface area contributed by atoms with Crippen LogP contribution in [0.15, 0.2) is 59.5 Å². The number of nitrogens with one attached hydrogen (secondary N) is 1. The molecule has 136 valence electrons. The summed E-state index contributed by atoms with van der Waals surface area (Å²) in [5.41, 5.74) is 3.04. The second kappa shape index (κ2) is 6.60. The first kappa shape index (κ1) is 16.8. The number of aromatic nitrogens is 4. The molecular formula is C20H18N4O3. The van der Waals surface area contributed by atoms with Crippen LogP contribution in [0.1, 0.15) is 22.5 Å². The largest absolute Gasteiger partial charge is 0.508 e. The first-order chi connectivity index (χ1) is 13.0. The van der Waals surface area contributed by atoms with Crippen molar-refractivity contribution in [3.8, 4) is 11.4 Å². The summed E-state index contributed by atoms with van der Waals surface area (Å²) in [6.07, 6.45) is 2.50. The molecule has 0 radical (unpaired) electrons. The minimum absolute atomic E-state index is 0.176. The molecule has 0 aliphatic carbocycles. The first-order valence-electron chi connectivity index (χ1n) is 8.60. The van der Waals surface area contributed by atoms with Gasteiger partial charge in [0.2, 0.25) is 5.91 Å². The van der Waals surface area contributed by atoms with E-state index in [1.54, 1.807) is 59.4 Å². The molecule has 4 rings (SSSR count). The molecule has 0 amide bonds. The number of hydrogen-bond donors (Lipinski definition) is 2. The second-order valence-electron chi connectivity index (χ2n) is 6.37.